The van der Waals surface area contributed by atoms with E-state index in [1.807, 2.05) is 0 Å². The molecule has 0 saturated carbocycles. The molecular weight excluding hydrogens is 339 g/mol. The summed E-state index contributed by atoms with van der Waals surface area (Å²) in [6, 6.07) is 2.59. The zero-order valence-corrected chi connectivity index (χ0v) is 15.3. The maximum Gasteiger partial charge on any atom is 0.127 e. The minimum atomic E-state index is -0.114. The van der Waals surface area contributed by atoms with Gasteiger partial charge in [0.25, 0.3) is 0 Å². The number of phenols is 3. The number of aromatic hydroxyl groups is 3. The van der Waals surface area contributed by atoms with Crippen molar-refractivity contribution < 1.29 is 15.3 Å². The Morgan fingerprint density at radius 1 is 1.00 bits per heavy atom. The van der Waals surface area contributed by atoms with Crippen LogP contribution in [0.5, 0.6) is 17.2 Å². The normalized spacial score (nSPS) is 16.5. The summed E-state index contributed by atoms with van der Waals surface area (Å²) in [4.78, 5) is 2.30. The van der Waals surface area contributed by atoms with E-state index in [0.717, 1.165) is 39.0 Å². The summed E-state index contributed by atoms with van der Waals surface area (Å²) in [5.74, 6) is 0.396. The second-order valence-corrected chi connectivity index (χ2v) is 6.17. The van der Waals surface area contributed by atoms with Crippen LogP contribution in [0.25, 0.3) is 0 Å². The first-order valence-electron chi connectivity index (χ1n) is 7.68. The van der Waals surface area contributed by atoms with Gasteiger partial charge in [-0.3, -0.25) is 4.90 Å². The summed E-state index contributed by atoms with van der Waals surface area (Å²) >= 11 is 0. The molecule has 2 rings (SSSR count). The first-order chi connectivity index (χ1) is 9.99. The van der Waals surface area contributed by atoms with Crippen molar-refractivity contribution in [2.45, 2.75) is 32.7 Å². The molecule has 134 valence electrons. The number of nitrogens with zero attached hydrogens (tertiary/aromatic N) is 1. The van der Waals surface area contributed by atoms with Crippen molar-refractivity contribution >= 4 is 24.8 Å². The highest BCUT2D eigenvalue weighted by Crippen LogP contribution is 2.41. The van der Waals surface area contributed by atoms with E-state index in [1.54, 1.807) is 0 Å². The van der Waals surface area contributed by atoms with Gasteiger partial charge in [0.1, 0.15) is 17.2 Å². The third-order valence-corrected chi connectivity index (χ3v) is 4.06. The Bertz CT molecular complexity index is 457. The van der Waals surface area contributed by atoms with Crippen molar-refractivity contribution in [2.75, 3.05) is 26.2 Å². The highest BCUT2D eigenvalue weighted by molar-refractivity contribution is 5.85. The molecule has 1 saturated heterocycles. The van der Waals surface area contributed by atoms with Gasteiger partial charge < -0.3 is 20.6 Å². The van der Waals surface area contributed by atoms with E-state index in [-0.39, 0.29) is 48.1 Å². The van der Waals surface area contributed by atoms with Crippen molar-refractivity contribution in [1.82, 2.24) is 10.2 Å². The second-order valence-electron chi connectivity index (χ2n) is 6.17. The van der Waals surface area contributed by atoms with Gasteiger partial charge in [0.05, 0.1) is 5.56 Å². The lowest BCUT2D eigenvalue weighted by molar-refractivity contribution is 0.154. The number of halogens is 2. The molecule has 0 aromatic heterocycles. The van der Waals surface area contributed by atoms with Gasteiger partial charge in [-0.15, -0.1) is 24.8 Å². The maximum atomic E-state index is 10.2. The number of nitrogens with one attached hydrogen (secondary N) is 1. The van der Waals surface area contributed by atoms with Crippen molar-refractivity contribution in [1.29, 1.82) is 0 Å². The molecule has 0 radical (unpaired) electrons. The van der Waals surface area contributed by atoms with Crippen molar-refractivity contribution in [2.24, 2.45) is 5.92 Å². The van der Waals surface area contributed by atoms with E-state index in [9.17, 15) is 15.3 Å². The van der Waals surface area contributed by atoms with Crippen LogP contribution >= 0.6 is 24.8 Å². The highest BCUT2D eigenvalue weighted by atomic mass is 35.5. The molecule has 1 aromatic rings. The predicted molar refractivity (Wildman–Crippen MR) is 97.2 cm³/mol. The second kappa shape index (κ2) is 10.1. The average Bonchev–Trinajstić information content (AvgIpc) is 2.42. The fraction of sp³-hybridized carbons (Fsp3) is 0.625. The van der Waals surface area contributed by atoms with Crippen LogP contribution in [0, 0.1) is 5.92 Å². The standard InChI is InChI=1S/C16H26N2O3.2ClH/c1-11(2)3-4-13(18-7-5-17-6-8-18)16-14(20)9-12(19)10-15(16)21;;/h9-11,13,17,19-21H,3-8H2,1-2H3;2*1H/t13-;;/m0../s1. The van der Waals surface area contributed by atoms with E-state index in [2.05, 4.69) is 24.1 Å². The van der Waals surface area contributed by atoms with Gasteiger partial charge in [-0.05, 0) is 18.8 Å². The molecule has 5 nitrogen and oxygen atoms in total. The Morgan fingerprint density at radius 3 is 2.00 bits per heavy atom. The average molecular weight is 367 g/mol. The molecule has 23 heavy (non-hydrogen) atoms. The number of hydrogen-bond acceptors (Lipinski definition) is 5. The summed E-state index contributed by atoms with van der Waals surface area (Å²) in [6.07, 6.45) is 1.90. The summed E-state index contributed by atoms with van der Waals surface area (Å²) in [5, 5.41) is 33.2. The van der Waals surface area contributed by atoms with Gasteiger partial charge >= 0.3 is 0 Å². The summed E-state index contributed by atoms with van der Waals surface area (Å²) in [5.41, 5.74) is 0.537. The van der Waals surface area contributed by atoms with E-state index in [0.29, 0.717) is 11.5 Å². The van der Waals surface area contributed by atoms with Gasteiger partial charge in [0.2, 0.25) is 0 Å². The molecule has 0 spiro atoms. The first-order valence-corrected chi connectivity index (χ1v) is 7.68. The Balaban J connectivity index is 0.00000242. The Morgan fingerprint density at radius 2 is 1.52 bits per heavy atom. The summed E-state index contributed by atoms with van der Waals surface area (Å²) in [6.45, 7) is 7.96. The fourth-order valence-corrected chi connectivity index (χ4v) is 2.94. The number of hydrogen-bond donors (Lipinski definition) is 4. The Labute approximate surface area is 150 Å². The van der Waals surface area contributed by atoms with E-state index in [1.165, 1.54) is 12.1 Å². The van der Waals surface area contributed by atoms with Crippen LogP contribution in [0.1, 0.15) is 38.3 Å². The molecule has 0 aliphatic carbocycles. The van der Waals surface area contributed by atoms with Crippen LogP contribution in [0.4, 0.5) is 0 Å². The predicted octanol–water partition coefficient (Wildman–Crippen LogP) is 3.03. The van der Waals surface area contributed by atoms with Crippen LogP contribution in [-0.2, 0) is 0 Å². The van der Waals surface area contributed by atoms with Crippen LogP contribution in [0.2, 0.25) is 0 Å². The lowest BCUT2D eigenvalue weighted by Crippen LogP contribution is -2.45. The largest absolute Gasteiger partial charge is 0.508 e. The highest BCUT2D eigenvalue weighted by Gasteiger charge is 2.27. The molecule has 0 unspecified atom stereocenters. The fourth-order valence-electron chi connectivity index (χ4n) is 2.94. The van der Waals surface area contributed by atoms with Crippen LogP contribution < -0.4 is 5.32 Å². The Kier molecular flexibility index (Phi) is 9.70. The molecule has 1 aliphatic heterocycles. The summed E-state index contributed by atoms with van der Waals surface area (Å²) in [7, 11) is 0. The number of piperazine rings is 1. The molecule has 0 bridgehead atoms. The lowest BCUT2D eigenvalue weighted by atomic mass is 9.94. The minimum absolute atomic E-state index is 0. The molecule has 7 heteroatoms. The number of benzene rings is 1. The van der Waals surface area contributed by atoms with Gasteiger partial charge in [0, 0.05) is 44.4 Å². The zero-order valence-electron chi connectivity index (χ0n) is 13.7. The molecule has 1 atom stereocenters. The molecule has 1 aromatic carbocycles. The minimum Gasteiger partial charge on any atom is -0.508 e. The van der Waals surface area contributed by atoms with E-state index < -0.39 is 0 Å². The van der Waals surface area contributed by atoms with Crippen LogP contribution in [0.15, 0.2) is 12.1 Å². The van der Waals surface area contributed by atoms with Gasteiger partial charge in [-0.1, -0.05) is 13.8 Å². The first kappa shape index (κ1) is 22.1. The molecule has 1 heterocycles. The van der Waals surface area contributed by atoms with Gasteiger partial charge in [-0.25, -0.2) is 0 Å². The third kappa shape index (κ3) is 5.92. The van der Waals surface area contributed by atoms with Crippen molar-refractivity contribution in [3.8, 4) is 17.2 Å². The van der Waals surface area contributed by atoms with Gasteiger partial charge in [-0.2, -0.15) is 0 Å². The smallest absolute Gasteiger partial charge is 0.127 e. The van der Waals surface area contributed by atoms with Crippen molar-refractivity contribution in [3.63, 3.8) is 0 Å². The number of phenolic OH excluding ortho intramolecular Hbond substituents is 3. The molecule has 1 aliphatic rings. The zero-order chi connectivity index (χ0) is 15.4. The topological polar surface area (TPSA) is 76.0 Å². The molecule has 4 N–H and O–H groups in total. The maximum absolute atomic E-state index is 10.2. The quantitative estimate of drug-likeness (QED) is 0.644. The van der Waals surface area contributed by atoms with E-state index in [4.69, 9.17) is 0 Å². The van der Waals surface area contributed by atoms with Crippen LogP contribution in [-0.4, -0.2) is 46.4 Å². The van der Waals surface area contributed by atoms with Crippen molar-refractivity contribution in [3.05, 3.63) is 17.7 Å². The third-order valence-electron chi connectivity index (χ3n) is 4.06. The SMILES string of the molecule is CC(C)CC[C@@H](c1c(O)cc(O)cc1O)N1CCNCC1.Cl.Cl. The monoisotopic (exact) mass is 366 g/mol. The molecule has 0 amide bonds. The summed E-state index contributed by atoms with van der Waals surface area (Å²) < 4.78 is 0. The number of rotatable bonds is 5. The van der Waals surface area contributed by atoms with E-state index >= 15 is 0 Å². The van der Waals surface area contributed by atoms with Gasteiger partial charge in [0.15, 0.2) is 0 Å². The molecule has 1 fully saturated rings. The van der Waals surface area contributed by atoms with Crippen LogP contribution in [0.3, 0.4) is 0 Å². The lowest BCUT2D eigenvalue weighted by Gasteiger charge is -2.36. The molecular formula is C16H28Cl2N2O3. The Hall–Kier alpha value is -0.880.